The number of fused-ring (bicyclic) bond motifs is 3. The summed E-state index contributed by atoms with van der Waals surface area (Å²) < 4.78 is 0. The normalized spacial score (nSPS) is 18.2. The molecule has 0 N–H and O–H groups in total. The van der Waals surface area contributed by atoms with Gasteiger partial charge in [0.2, 0.25) is 5.91 Å². The Labute approximate surface area is 138 Å². The number of hydrogen-bond acceptors (Lipinski definition) is 5. The first-order chi connectivity index (χ1) is 10.8. The molecule has 0 radical (unpaired) electrons. The van der Waals surface area contributed by atoms with Crippen molar-refractivity contribution in [3.8, 4) is 0 Å². The molecule has 2 aromatic rings. The predicted octanol–water partition coefficient (Wildman–Crippen LogP) is 3.28. The minimum absolute atomic E-state index is 0.307. The van der Waals surface area contributed by atoms with Gasteiger partial charge in [-0.25, -0.2) is 9.97 Å². The molecule has 3 heterocycles. The molecule has 0 unspecified atom stereocenters. The molecule has 0 aromatic carbocycles. The van der Waals surface area contributed by atoms with Gasteiger partial charge in [-0.2, -0.15) is 0 Å². The van der Waals surface area contributed by atoms with Crippen LogP contribution in [0.2, 0.25) is 0 Å². The number of carbonyl (C=O) groups is 1. The minimum Gasteiger partial charge on any atom is -0.342 e. The Bertz CT molecular complexity index is 713. The van der Waals surface area contributed by atoms with E-state index in [9.17, 15) is 4.79 Å². The maximum atomic E-state index is 11.7. The van der Waals surface area contributed by atoms with E-state index in [0.717, 1.165) is 41.5 Å². The highest BCUT2D eigenvalue weighted by atomic mass is 32.2. The summed E-state index contributed by atoms with van der Waals surface area (Å²) in [5, 5.41) is 2.40. The summed E-state index contributed by atoms with van der Waals surface area (Å²) in [6.07, 6.45) is 8.36. The number of amides is 1. The van der Waals surface area contributed by atoms with Crippen molar-refractivity contribution >= 4 is 39.2 Å². The van der Waals surface area contributed by atoms with Gasteiger partial charge in [-0.3, -0.25) is 4.79 Å². The Hall–Kier alpha value is -1.14. The molecule has 0 spiro atoms. The first-order valence-electron chi connectivity index (χ1n) is 7.99. The smallest absolute Gasteiger partial charge is 0.222 e. The fraction of sp³-hybridized carbons (Fsp3) is 0.562. The number of thioether (sulfide) groups is 1. The lowest BCUT2D eigenvalue weighted by atomic mass is 9.97. The zero-order valence-corrected chi connectivity index (χ0v) is 14.1. The van der Waals surface area contributed by atoms with Gasteiger partial charge in [0.15, 0.2) is 0 Å². The van der Waals surface area contributed by atoms with Crippen LogP contribution in [0.4, 0.5) is 0 Å². The third-order valence-corrected chi connectivity index (χ3v) is 6.66. The maximum absolute atomic E-state index is 11.7. The average molecular weight is 333 g/mol. The molecular weight excluding hydrogens is 314 g/mol. The molecule has 0 atom stereocenters. The van der Waals surface area contributed by atoms with Gasteiger partial charge < -0.3 is 4.90 Å². The molecule has 22 heavy (non-hydrogen) atoms. The van der Waals surface area contributed by atoms with Crippen LogP contribution in [0, 0.1) is 0 Å². The SMILES string of the molecule is O=C1CCCN1CCSc1ncnc2sc3c(c12)CCCC3. The van der Waals surface area contributed by atoms with E-state index in [1.54, 1.807) is 18.1 Å². The molecule has 1 aliphatic heterocycles. The van der Waals surface area contributed by atoms with Crippen LogP contribution in [0.1, 0.15) is 36.1 Å². The Morgan fingerprint density at radius 2 is 2.09 bits per heavy atom. The van der Waals surface area contributed by atoms with Gasteiger partial charge in [0.05, 0.1) is 0 Å². The second-order valence-electron chi connectivity index (χ2n) is 5.90. The number of aromatic nitrogens is 2. The number of aryl methyl sites for hydroxylation is 2. The van der Waals surface area contributed by atoms with E-state index in [0.29, 0.717) is 5.91 Å². The summed E-state index contributed by atoms with van der Waals surface area (Å²) in [4.78, 5) is 25.3. The zero-order chi connectivity index (χ0) is 14.9. The number of likely N-dealkylation sites (tertiary alicyclic amines) is 1. The van der Waals surface area contributed by atoms with Gasteiger partial charge in [-0.05, 0) is 37.7 Å². The van der Waals surface area contributed by atoms with Crippen LogP contribution in [-0.4, -0.2) is 39.6 Å². The van der Waals surface area contributed by atoms with Crippen LogP contribution in [0.5, 0.6) is 0 Å². The molecule has 116 valence electrons. The lowest BCUT2D eigenvalue weighted by molar-refractivity contribution is -0.127. The molecule has 1 amide bonds. The van der Waals surface area contributed by atoms with E-state index in [1.165, 1.54) is 41.5 Å². The van der Waals surface area contributed by atoms with Gasteiger partial charge in [0.1, 0.15) is 16.2 Å². The van der Waals surface area contributed by atoms with E-state index in [-0.39, 0.29) is 0 Å². The number of carbonyl (C=O) groups excluding carboxylic acids is 1. The largest absolute Gasteiger partial charge is 0.342 e. The Morgan fingerprint density at radius 1 is 1.18 bits per heavy atom. The van der Waals surface area contributed by atoms with E-state index in [1.807, 2.05) is 16.2 Å². The summed E-state index contributed by atoms with van der Waals surface area (Å²) in [6.45, 7) is 1.76. The van der Waals surface area contributed by atoms with Gasteiger partial charge >= 0.3 is 0 Å². The van der Waals surface area contributed by atoms with Gasteiger partial charge in [-0.15, -0.1) is 23.1 Å². The fourth-order valence-electron chi connectivity index (χ4n) is 3.36. The Kier molecular flexibility index (Phi) is 4.05. The summed E-state index contributed by atoms with van der Waals surface area (Å²) in [5.41, 5.74) is 1.49. The molecule has 2 aromatic heterocycles. The molecule has 1 aliphatic carbocycles. The average Bonchev–Trinajstić information content (AvgIpc) is 3.11. The zero-order valence-electron chi connectivity index (χ0n) is 12.5. The molecule has 2 aliphatic rings. The third kappa shape index (κ3) is 2.63. The number of nitrogens with zero attached hydrogens (tertiary/aromatic N) is 3. The van der Waals surface area contributed by atoms with E-state index >= 15 is 0 Å². The van der Waals surface area contributed by atoms with Crippen molar-refractivity contribution in [2.24, 2.45) is 0 Å². The molecule has 1 saturated heterocycles. The fourth-order valence-corrected chi connectivity index (χ4v) is 5.65. The molecule has 6 heteroatoms. The maximum Gasteiger partial charge on any atom is 0.222 e. The Balaban J connectivity index is 1.53. The molecular formula is C16H19N3OS2. The van der Waals surface area contributed by atoms with Crippen molar-refractivity contribution < 1.29 is 4.79 Å². The first-order valence-corrected chi connectivity index (χ1v) is 9.79. The second-order valence-corrected chi connectivity index (χ2v) is 8.07. The standard InChI is InChI=1S/C16H19N3OS2/c20-13-6-3-7-19(13)8-9-21-15-14-11-4-1-2-5-12(11)22-16(14)18-10-17-15/h10H,1-9H2. The number of hydrogen-bond donors (Lipinski definition) is 0. The van der Waals surface area contributed by atoms with E-state index in [2.05, 4.69) is 9.97 Å². The Morgan fingerprint density at radius 3 is 2.95 bits per heavy atom. The van der Waals surface area contributed by atoms with Crippen LogP contribution in [0.3, 0.4) is 0 Å². The monoisotopic (exact) mass is 333 g/mol. The van der Waals surface area contributed by atoms with Crippen molar-refractivity contribution in [1.82, 2.24) is 14.9 Å². The van der Waals surface area contributed by atoms with Crippen LogP contribution >= 0.6 is 23.1 Å². The topological polar surface area (TPSA) is 46.1 Å². The molecule has 1 fully saturated rings. The first kappa shape index (κ1) is 14.5. The van der Waals surface area contributed by atoms with E-state index < -0.39 is 0 Å². The highest BCUT2D eigenvalue weighted by Crippen LogP contribution is 2.39. The summed E-state index contributed by atoms with van der Waals surface area (Å²) in [6, 6.07) is 0. The van der Waals surface area contributed by atoms with Gasteiger partial charge in [0.25, 0.3) is 0 Å². The lowest BCUT2D eigenvalue weighted by Gasteiger charge is -2.15. The predicted molar refractivity (Wildman–Crippen MR) is 90.6 cm³/mol. The van der Waals surface area contributed by atoms with Crippen LogP contribution in [0.15, 0.2) is 11.4 Å². The van der Waals surface area contributed by atoms with Gasteiger partial charge in [-0.1, -0.05) is 0 Å². The summed E-state index contributed by atoms with van der Waals surface area (Å²) in [5.74, 6) is 1.23. The second kappa shape index (κ2) is 6.16. The highest BCUT2D eigenvalue weighted by molar-refractivity contribution is 7.99. The van der Waals surface area contributed by atoms with Crippen molar-refractivity contribution in [3.63, 3.8) is 0 Å². The summed E-state index contributed by atoms with van der Waals surface area (Å²) in [7, 11) is 0. The third-order valence-electron chi connectivity index (χ3n) is 4.49. The lowest BCUT2D eigenvalue weighted by Crippen LogP contribution is -2.26. The van der Waals surface area contributed by atoms with Crippen molar-refractivity contribution in [2.75, 3.05) is 18.8 Å². The molecule has 0 bridgehead atoms. The number of rotatable bonds is 4. The minimum atomic E-state index is 0.307. The van der Waals surface area contributed by atoms with Gasteiger partial charge in [0, 0.05) is 35.5 Å². The van der Waals surface area contributed by atoms with E-state index in [4.69, 9.17) is 0 Å². The van der Waals surface area contributed by atoms with Crippen molar-refractivity contribution in [1.29, 1.82) is 0 Å². The molecule has 4 nitrogen and oxygen atoms in total. The summed E-state index contributed by atoms with van der Waals surface area (Å²) >= 11 is 3.62. The highest BCUT2D eigenvalue weighted by Gasteiger charge is 2.22. The van der Waals surface area contributed by atoms with Crippen LogP contribution < -0.4 is 0 Å². The quantitative estimate of drug-likeness (QED) is 0.636. The van der Waals surface area contributed by atoms with Crippen LogP contribution in [0.25, 0.3) is 10.2 Å². The van der Waals surface area contributed by atoms with Crippen molar-refractivity contribution in [2.45, 2.75) is 43.6 Å². The molecule has 0 saturated carbocycles. The van der Waals surface area contributed by atoms with Crippen LogP contribution in [-0.2, 0) is 17.6 Å². The number of thiophene rings is 1. The van der Waals surface area contributed by atoms with Crippen molar-refractivity contribution in [3.05, 3.63) is 16.8 Å². The molecule has 4 rings (SSSR count).